The summed E-state index contributed by atoms with van der Waals surface area (Å²) in [6.07, 6.45) is 4.99. The lowest BCUT2D eigenvalue weighted by atomic mass is 9.71. The molecular formula is C15H26FNO. The average Bonchev–Trinajstić information content (AvgIpc) is 2.74. The van der Waals surface area contributed by atoms with Crippen molar-refractivity contribution in [3.05, 3.63) is 0 Å². The quantitative estimate of drug-likeness (QED) is 0.768. The van der Waals surface area contributed by atoms with Gasteiger partial charge in [0.05, 0.1) is 12.7 Å². The second kappa shape index (κ2) is 4.17. The summed E-state index contributed by atoms with van der Waals surface area (Å²) in [4.78, 5) is 2.68. The van der Waals surface area contributed by atoms with Crippen LogP contribution in [-0.2, 0) is 4.74 Å². The van der Waals surface area contributed by atoms with E-state index in [0.29, 0.717) is 23.4 Å². The van der Waals surface area contributed by atoms with Crippen molar-refractivity contribution in [2.45, 2.75) is 76.7 Å². The summed E-state index contributed by atoms with van der Waals surface area (Å²) in [6, 6.07) is 0.527. The lowest BCUT2D eigenvalue weighted by molar-refractivity contribution is 0.00288. The smallest absolute Gasteiger partial charge is 0.129 e. The van der Waals surface area contributed by atoms with Gasteiger partial charge in [0.1, 0.15) is 6.17 Å². The van der Waals surface area contributed by atoms with Crippen molar-refractivity contribution < 1.29 is 9.13 Å². The van der Waals surface area contributed by atoms with E-state index in [1.165, 1.54) is 32.2 Å². The Morgan fingerprint density at radius 1 is 1.33 bits per heavy atom. The molecule has 1 saturated carbocycles. The minimum Gasteiger partial charge on any atom is -0.373 e. The van der Waals surface area contributed by atoms with Gasteiger partial charge >= 0.3 is 0 Å². The standard InChI is InChI=1S/C15H26FNO/c1-14(2,3)15-6-4-8-17(15)11(5-7-15)10-18-13-9-12(13)16/h11-13H,4-10H2,1-3H3. The summed E-state index contributed by atoms with van der Waals surface area (Å²) in [5.74, 6) is 0. The summed E-state index contributed by atoms with van der Waals surface area (Å²) < 4.78 is 18.5. The van der Waals surface area contributed by atoms with Crippen molar-refractivity contribution in [2.24, 2.45) is 5.41 Å². The molecule has 0 spiro atoms. The van der Waals surface area contributed by atoms with Gasteiger partial charge in [-0.3, -0.25) is 4.90 Å². The Balaban J connectivity index is 1.65. The van der Waals surface area contributed by atoms with E-state index < -0.39 is 6.17 Å². The molecule has 104 valence electrons. The molecule has 2 aliphatic heterocycles. The third-order valence-corrected chi connectivity index (χ3v) is 5.43. The van der Waals surface area contributed by atoms with Crippen LogP contribution in [0.5, 0.6) is 0 Å². The number of fused-ring (bicyclic) bond motifs is 1. The summed E-state index contributed by atoms with van der Waals surface area (Å²) >= 11 is 0. The molecule has 0 radical (unpaired) electrons. The highest BCUT2D eigenvalue weighted by atomic mass is 19.1. The SMILES string of the molecule is CC(C)(C)C12CCCN1C(COC1CC1F)CC2. The third kappa shape index (κ3) is 1.90. The largest absolute Gasteiger partial charge is 0.373 e. The first kappa shape index (κ1) is 12.9. The van der Waals surface area contributed by atoms with E-state index in [-0.39, 0.29) is 6.10 Å². The predicted octanol–water partition coefficient (Wildman–Crippen LogP) is 3.16. The van der Waals surface area contributed by atoms with Crippen LogP contribution < -0.4 is 0 Å². The zero-order valence-electron chi connectivity index (χ0n) is 11.9. The summed E-state index contributed by atoms with van der Waals surface area (Å²) in [5, 5.41) is 0. The minimum atomic E-state index is -0.683. The first-order valence-corrected chi connectivity index (χ1v) is 7.46. The summed E-state index contributed by atoms with van der Waals surface area (Å²) in [6.45, 7) is 9.05. The van der Waals surface area contributed by atoms with E-state index in [9.17, 15) is 4.39 Å². The van der Waals surface area contributed by atoms with E-state index in [1.807, 2.05) is 0 Å². The predicted molar refractivity (Wildman–Crippen MR) is 70.4 cm³/mol. The molecule has 4 atom stereocenters. The first-order valence-electron chi connectivity index (χ1n) is 7.46. The Labute approximate surface area is 110 Å². The van der Waals surface area contributed by atoms with Gasteiger partial charge in [0.2, 0.25) is 0 Å². The van der Waals surface area contributed by atoms with Crippen LogP contribution in [0.3, 0.4) is 0 Å². The van der Waals surface area contributed by atoms with Gasteiger partial charge in [-0.25, -0.2) is 4.39 Å². The number of rotatable bonds is 3. The van der Waals surface area contributed by atoms with Gasteiger partial charge < -0.3 is 4.74 Å². The summed E-state index contributed by atoms with van der Waals surface area (Å²) in [5.41, 5.74) is 0.708. The number of nitrogens with zero attached hydrogens (tertiary/aromatic N) is 1. The number of ether oxygens (including phenoxy) is 1. The molecule has 3 heteroatoms. The number of hydrogen-bond acceptors (Lipinski definition) is 2. The highest BCUT2D eigenvalue weighted by Crippen LogP contribution is 2.52. The van der Waals surface area contributed by atoms with E-state index in [2.05, 4.69) is 25.7 Å². The average molecular weight is 255 g/mol. The fourth-order valence-electron chi connectivity index (χ4n) is 4.17. The molecule has 1 aliphatic carbocycles. The topological polar surface area (TPSA) is 12.5 Å². The van der Waals surface area contributed by atoms with Crippen LogP contribution in [-0.4, -0.2) is 41.9 Å². The fourth-order valence-corrected chi connectivity index (χ4v) is 4.17. The van der Waals surface area contributed by atoms with Gasteiger partial charge in [-0.2, -0.15) is 0 Å². The number of hydrogen-bond donors (Lipinski definition) is 0. The van der Waals surface area contributed by atoms with Crippen LogP contribution in [0.15, 0.2) is 0 Å². The van der Waals surface area contributed by atoms with E-state index in [0.717, 1.165) is 6.61 Å². The molecule has 3 aliphatic rings. The van der Waals surface area contributed by atoms with Crippen LogP contribution in [0, 0.1) is 5.41 Å². The van der Waals surface area contributed by atoms with Crippen LogP contribution >= 0.6 is 0 Å². The summed E-state index contributed by atoms with van der Waals surface area (Å²) in [7, 11) is 0. The Hall–Kier alpha value is -0.150. The van der Waals surface area contributed by atoms with Crippen LogP contribution in [0.1, 0.15) is 52.9 Å². The van der Waals surface area contributed by atoms with E-state index in [4.69, 9.17) is 4.74 Å². The molecule has 18 heavy (non-hydrogen) atoms. The van der Waals surface area contributed by atoms with Gasteiger partial charge in [0, 0.05) is 18.0 Å². The molecule has 3 rings (SSSR count). The highest BCUT2D eigenvalue weighted by Gasteiger charge is 2.55. The Kier molecular flexibility index (Phi) is 2.98. The second-order valence-corrected chi connectivity index (χ2v) is 7.39. The molecule has 3 fully saturated rings. The zero-order chi connectivity index (χ0) is 13.0. The third-order valence-electron chi connectivity index (χ3n) is 5.43. The monoisotopic (exact) mass is 255 g/mol. The zero-order valence-corrected chi connectivity index (χ0v) is 11.9. The van der Waals surface area contributed by atoms with Gasteiger partial charge in [-0.1, -0.05) is 20.8 Å². The van der Waals surface area contributed by atoms with E-state index in [1.54, 1.807) is 0 Å². The van der Waals surface area contributed by atoms with Crippen molar-refractivity contribution >= 4 is 0 Å². The Morgan fingerprint density at radius 2 is 2.06 bits per heavy atom. The van der Waals surface area contributed by atoms with Crippen LogP contribution in [0.2, 0.25) is 0 Å². The molecule has 0 aromatic rings. The lowest BCUT2D eigenvalue weighted by Gasteiger charge is -2.45. The van der Waals surface area contributed by atoms with Crippen molar-refractivity contribution in [1.82, 2.24) is 4.90 Å². The molecule has 0 bridgehead atoms. The first-order chi connectivity index (χ1) is 8.44. The molecule has 0 amide bonds. The lowest BCUT2D eigenvalue weighted by Crippen LogP contribution is -2.52. The van der Waals surface area contributed by atoms with Crippen molar-refractivity contribution in [1.29, 1.82) is 0 Å². The van der Waals surface area contributed by atoms with Gasteiger partial charge in [0.25, 0.3) is 0 Å². The highest BCUT2D eigenvalue weighted by molar-refractivity contribution is 5.10. The maximum atomic E-state index is 12.8. The molecule has 2 saturated heterocycles. The number of alkyl halides is 1. The Morgan fingerprint density at radius 3 is 2.67 bits per heavy atom. The normalized spacial score (nSPS) is 44.3. The Bertz CT molecular complexity index is 327. The molecular weight excluding hydrogens is 229 g/mol. The molecule has 2 heterocycles. The van der Waals surface area contributed by atoms with Crippen molar-refractivity contribution in [3.63, 3.8) is 0 Å². The minimum absolute atomic E-state index is 0.0859. The van der Waals surface area contributed by atoms with Crippen molar-refractivity contribution in [2.75, 3.05) is 13.2 Å². The molecule has 0 aromatic carbocycles. The van der Waals surface area contributed by atoms with Gasteiger partial charge in [-0.05, 0) is 37.6 Å². The molecule has 0 aromatic heterocycles. The molecule has 4 unspecified atom stereocenters. The van der Waals surface area contributed by atoms with Crippen LogP contribution in [0.25, 0.3) is 0 Å². The molecule has 2 nitrogen and oxygen atoms in total. The van der Waals surface area contributed by atoms with E-state index >= 15 is 0 Å². The van der Waals surface area contributed by atoms with Crippen LogP contribution in [0.4, 0.5) is 4.39 Å². The van der Waals surface area contributed by atoms with Gasteiger partial charge in [-0.15, -0.1) is 0 Å². The van der Waals surface area contributed by atoms with Gasteiger partial charge in [0.15, 0.2) is 0 Å². The van der Waals surface area contributed by atoms with Crippen molar-refractivity contribution in [3.8, 4) is 0 Å². The maximum Gasteiger partial charge on any atom is 0.129 e. The maximum absolute atomic E-state index is 12.8. The number of halogens is 1. The second-order valence-electron chi connectivity index (χ2n) is 7.39. The fraction of sp³-hybridized carbons (Fsp3) is 1.00. The molecule has 0 N–H and O–H groups in total.